The number of likely N-dealkylation sites (N-methyl/N-ethyl adjacent to an activating group) is 1. The summed E-state index contributed by atoms with van der Waals surface area (Å²) in [7, 11) is 3.88. The van der Waals surface area contributed by atoms with Crippen molar-refractivity contribution >= 4 is 28.9 Å². The predicted octanol–water partition coefficient (Wildman–Crippen LogP) is 3.87. The van der Waals surface area contributed by atoms with Crippen LogP contribution in [0, 0.1) is 0 Å². The van der Waals surface area contributed by atoms with E-state index in [0.717, 1.165) is 12.6 Å². The lowest BCUT2D eigenvalue weighted by Gasteiger charge is -2.15. The minimum Gasteiger partial charge on any atom is -0.369 e. The second-order valence-corrected chi connectivity index (χ2v) is 5.77. The van der Waals surface area contributed by atoms with Crippen LogP contribution in [0.3, 0.4) is 0 Å². The number of hydrogen-bond acceptors (Lipinski definition) is 5. The molecule has 2 rings (SSSR count). The second-order valence-electron chi connectivity index (χ2n) is 5.33. The molecule has 2 aromatic rings. The van der Waals surface area contributed by atoms with Gasteiger partial charge in [-0.2, -0.15) is 13.2 Å². The number of rotatable bonds is 6. The lowest BCUT2D eigenvalue weighted by atomic mass is 10.1. The average molecular weight is 360 g/mol. The van der Waals surface area contributed by atoms with Gasteiger partial charge in [0.2, 0.25) is 0 Å². The molecular formula is C15H17ClF3N5. The van der Waals surface area contributed by atoms with Crippen LogP contribution < -0.4 is 10.6 Å². The Morgan fingerprint density at radius 1 is 1.12 bits per heavy atom. The number of benzene rings is 1. The van der Waals surface area contributed by atoms with E-state index in [2.05, 4.69) is 20.6 Å². The van der Waals surface area contributed by atoms with Gasteiger partial charge < -0.3 is 15.5 Å². The molecule has 1 aromatic heterocycles. The maximum atomic E-state index is 13.1. The zero-order valence-corrected chi connectivity index (χ0v) is 13.9. The molecule has 5 nitrogen and oxygen atoms in total. The highest BCUT2D eigenvalue weighted by Crippen LogP contribution is 2.37. The first-order valence-electron chi connectivity index (χ1n) is 7.10. The third kappa shape index (κ3) is 5.24. The summed E-state index contributed by atoms with van der Waals surface area (Å²) in [6, 6.07) is 5.08. The van der Waals surface area contributed by atoms with Gasteiger partial charge in [0.25, 0.3) is 0 Å². The largest absolute Gasteiger partial charge is 0.418 e. The van der Waals surface area contributed by atoms with E-state index in [1.165, 1.54) is 18.5 Å². The van der Waals surface area contributed by atoms with Crippen LogP contribution in [0.15, 0.2) is 30.6 Å². The molecule has 0 bridgehead atoms. The van der Waals surface area contributed by atoms with Crippen molar-refractivity contribution in [1.82, 2.24) is 14.9 Å². The molecule has 0 unspecified atom stereocenters. The highest BCUT2D eigenvalue weighted by atomic mass is 35.5. The van der Waals surface area contributed by atoms with E-state index in [0.29, 0.717) is 12.4 Å². The molecule has 0 fully saturated rings. The molecule has 1 heterocycles. The second kappa shape index (κ2) is 7.67. The minimum absolute atomic E-state index is 0.0154. The molecule has 0 amide bonds. The highest BCUT2D eigenvalue weighted by molar-refractivity contribution is 6.30. The van der Waals surface area contributed by atoms with Gasteiger partial charge in [-0.3, -0.25) is 0 Å². The third-order valence-electron chi connectivity index (χ3n) is 3.08. The molecular weight excluding hydrogens is 343 g/mol. The van der Waals surface area contributed by atoms with Crippen molar-refractivity contribution in [2.24, 2.45) is 0 Å². The third-order valence-corrected chi connectivity index (χ3v) is 3.32. The Morgan fingerprint density at radius 2 is 1.83 bits per heavy atom. The predicted molar refractivity (Wildman–Crippen MR) is 88.8 cm³/mol. The number of aromatic nitrogens is 2. The van der Waals surface area contributed by atoms with Gasteiger partial charge in [-0.05, 0) is 32.3 Å². The van der Waals surface area contributed by atoms with Gasteiger partial charge in [0.1, 0.15) is 18.0 Å². The molecule has 0 radical (unpaired) electrons. The summed E-state index contributed by atoms with van der Waals surface area (Å²) in [5, 5.41) is 5.76. The first kappa shape index (κ1) is 18.3. The molecule has 0 aliphatic heterocycles. The fourth-order valence-electron chi connectivity index (χ4n) is 1.93. The van der Waals surface area contributed by atoms with Crippen LogP contribution in [-0.2, 0) is 6.18 Å². The van der Waals surface area contributed by atoms with Gasteiger partial charge in [-0.25, -0.2) is 9.97 Å². The highest BCUT2D eigenvalue weighted by Gasteiger charge is 2.33. The van der Waals surface area contributed by atoms with Crippen LogP contribution in [0.2, 0.25) is 5.02 Å². The van der Waals surface area contributed by atoms with Gasteiger partial charge in [0.15, 0.2) is 0 Å². The Hall–Kier alpha value is -2.06. The Morgan fingerprint density at radius 3 is 2.50 bits per heavy atom. The maximum absolute atomic E-state index is 13.1. The Kier molecular flexibility index (Phi) is 5.84. The van der Waals surface area contributed by atoms with Gasteiger partial charge in [-0.15, -0.1) is 0 Å². The van der Waals surface area contributed by atoms with Crippen LogP contribution in [0.5, 0.6) is 0 Å². The number of alkyl halides is 3. The van der Waals surface area contributed by atoms with Crippen molar-refractivity contribution in [2.75, 3.05) is 37.8 Å². The average Bonchev–Trinajstić information content (AvgIpc) is 2.48. The summed E-state index contributed by atoms with van der Waals surface area (Å²) < 4.78 is 39.3. The van der Waals surface area contributed by atoms with Gasteiger partial charge >= 0.3 is 6.18 Å². The standard InChI is InChI=1S/C15H17ClF3N5/c1-24(2)6-5-20-13-8-14(22-9-21-13)23-12-4-3-10(16)7-11(12)15(17,18)19/h3-4,7-9H,5-6H2,1-2H3,(H2,20,21,22,23). The number of halogens is 4. The zero-order valence-electron chi connectivity index (χ0n) is 13.2. The fraction of sp³-hybridized carbons (Fsp3) is 0.333. The topological polar surface area (TPSA) is 53.1 Å². The summed E-state index contributed by atoms with van der Waals surface area (Å²) in [4.78, 5) is 9.99. The first-order chi connectivity index (χ1) is 11.3. The lowest BCUT2D eigenvalue weighted by Crippen LogP contribution is -2.21. The summed E-state index contributed by atoms with van der Waals surface area (Å²) in [6.45, 7) is 1.44. The summed E-state index contributed by atoms with van der Waals surface area (Å²) in [5.74, 6) is 0.780. The van der Waals surface area contributed by atoms with E-state index in [1.807, 2.05) is 19.0 Å². The molecule has 0 saturated carbocycles. The van der Waals surface area contributed by atoms with Crippen LogP contribution in [0.25, 0.3) is 0 Å². The maximum Gasteiger partial charge on any atom is 0.418 e. The first-order valence-corrected chi connectivity index (χ1v) is 7.48. The Labute approximate surface area is 142 Å². The van der Waals surface area contributed by atoms with Crippen LogP contribution in [0.4, 0.5) is 30.5 Å². The molecule has 0 saturated heterocycles. The number of nitrogens with one attached hydrogen (secondary N) is 2. The molecule has 9 heteroatoms. The Balaban J connectivity index is 2.17. The molecule has 130 valence electrons. The summed E-state index contributed by atoms with van der Waals surface area (Å²) in [6.07, 6.45) is -3.24. The van der Waals surface area contributed by atoms with Crippen molar-refractivity contribution in [3.63, 3.8) is 0 Å². The zero-order chi connectivity index (χ0) is 17.7. The van der Waals surface area contributed by atoms with Crippen molar-refractivity contribution in [3.05, 3.63) is 41.2 Å². The van der Waals surface area contributed by atoms with E-state index in [9.17, 15) is 13.2 Å². The van der Waals surface area contributed by atoms with Gasteiger partial charge in [-0.1, -0.05) is 11.6 Å². The van der Waals surface area contributed by atoms with Crippen molar-refractivity contribution in [3.8, 4) is 0 Å². The lowest BCUT2D eigenvalue weighted by molar-refractivity contribution is -0.136. The SMILES string of the molecule is CN(C)CCNc1cc(Nc2ccc(Cl)cc2C(F)(F)F)ncn1. The molecule has 0 aliphatic carbocycles. The van der Waals surface area contributed by atoms with Gasteiger partial charge in [0, 0.05) is 24.2 Å². The van der Waals surface area contributed by atoms with Crippen LogP contribution >= 0.6 is 11.6 Å². The van der Waals surface area contributed by atoms with E-state index in [4.69, 9.17) is 11.6 Å². The molecule has 0 atom stereocenters. The van der Waals surface area contributed by atoms with E-state index in [1.54, 1.807) is 6.07 Å². The van der Waals surface area contributed by atoms with Crippen molar-refractivity contribution in [2.45, 2.75) is 6.18 Å². The minimum atomic E-state index is -4.52. The number of anilines is 3. The van der Waals surface area contributed by atoms with Crippen molar-refractivity contribution in [1.29, 1.82) is 0 Å². The smallest absolute Gasteiger partial charge is 0.369 e. The molecule has 24 heavy (non-hydrogen) atoms. The number of nitrogens with zero attached hydrogens (tertiary/aromatic N) is 3. The summed E-state index contributed by atoms with van der Waals surface area (Å²) >= 11 is 5.67. The molecule has 0 spiro atoms. The van der Waals surface area contributed by atoms with E-state index >= 15 is 0 Å². The summed E-state index contributed by atoms with van der Waals surface area (Å²) in [5.41, 5.74) is -0.972. The Bertz CT molecular complexity index is 691. The molecule has 1 aromatic carbocycles. The van der Waals surface area contributed by atoms with Crippen LogP contribution in [-0.4, -0.2) is 42.1 Å². The molecule has 2 N–H and O–H groups in total. The monoisotopic (exact) mass is 359 g/mol. The van der Waals surface area contributed by atoms with Gasteiger partial charge in [0.05, 0.1) is 11.3 Å². The number of hydrogen-bond donors (Lipinski definition) is 2. The fourth-order valence-corrected chi connectivity index (χ4v) is 2.10. The normalized spacial score (nSPS) is 11.6. The quantitative estimate of drug-likeness (QED) is 0.820. The van der Waals surface area contributed by atoms with E-state index < -0.39 is 11.7 Å². The van der Waals surface area contributed by atoms with E-state index in [-0.39, 0.29) is 16.5 Å². The van der Waals surface area contributed by atoms with Crippen LogP contribution in [0.1, 0.15) is 5.56 Å². The van der Waals surface area contributed by atoms with Crippen molar-refractivity contribution < 1.29 is 13.2 Å². The molecule has 0 aliphatic rings.